The summed E-state index contributed by atoms with van der Waals surface area (Å²) >= 11 is 0. The molecule has 0 unspecified atom stereocenters. The lowest BCUT2D eigenvalue weighted by Crippen LogP contribution is -2.37. The van der Waals surface area contributed by atoms with E-state index >= 15 is 0 Å². The van der Waals surface area contributed by atoms with Gasteiger partial charge in [0.25, 0.3) is 0 Å². The second-order valence-corrected chi connectivity index (χ2v) is 3.41. The van der Waals surface area contributed by atoms with Crippen molar-refractivity contribution in [3.8, 4) is 6.07 Å². The third kappa shape index (κ3) is 3.22. The van der Waals surface area contributed by atoms with Crippen molar-refractivity contribution in [2.24, 2.45) is 0 Å². The normalized spacial score (nSPS) is 10.8. The molecule has 1 N–H and O–H groups in total. The third-order valence-electron chi connectivity index (χ3n) is 1.72. The van der Waals surface area contributed by atoms with Crippen molar-refractivity contribution in [2.45, 2.75) is 25.9 Å². The Morgan fingerprint density at radius 3 is 2.85 bits per heavy atom. The van der Waals surface area contributed by atoms with Crippen LogP contribution in [-0.2, 0) is 6.54 Å². The summed E-state index contributed by atoms with van der Waals surface area (Å²) in [6, 6.07) is 7.91. The lowest BCUT2D eigenvalue weighted by molar-refractivity contribution is 0.481. The van der Waals surface area contributed by atoms with Crippen molar-refractivity contribution in [3.63, 3.8) is 0 Å². The van der Waals surface area contributed by atoms with Gasteiger partial charge in [-0.2, -0.15) is 5.26 Å². The minimum absolute atomic E-state index is 0.489. The lowest BCUT2D eigenvalue weighted by Gasteiger charge is -2.16. The standard InChI is InChI=1S/C10H13N3/c1-10(2,8-11)13-7-9-5-3-4-6-12-9/h3-6,13H,7H2,1-2H3. The first-order chi connectivity index (χ1) is 6.14. The summed E-state index contributed by atoms with van der Waals surface area (Å²) in [6.07, 6.45) is 1.75. The van der Waals surface area contributed by atoms with Gasteiger partial charge in [-0.15, -0.1) is 0 Å². The SMILES string of the molecule is CC(C)(C#N)NCc1ccccn1. The van der Waals surface area contributed by atoms with Crippen LogP contribution < -0.4 is 5.32 Å². The van der Waals surface area contributed by atoms with Crippen LogP contribution >= 0.6 is 0 Å². The first-order valence-corrected chi connectivity index (χ1v) is 4.20. The molecule has 0 aliphatic rings. The van der Waals surface area contributed by atoms with E-state index in [1.165, 1.54) is 0 Å². The maximum Gasteiger partial charge on any atom is 0.101 e. The molecule has 1 aromatic rings. The third-order valence-corrected chi connectivity index (χ3v) is 1.72. The number of hydrogen-bond donors (Lipinski definition) is 1. The highest BCUT2D eigenvalue weighted by Crippen LogP contribution is 2.01. The number of pyridine rings is 1. The molecule has 1 aromatic heterocycles. The van der Waals surface area contributed by atoms with Gasteiger partial charge in [0.2, 0.25) is 0 Å². The largest absolute Gasteiger partial charge is 0.294 e. The molecule has 3 nitrogen and oxygen atoms in total. The monoisotopic (exact) mass is 175 g/mol. The highest BCUT2D eigenvalue weighted by molar-refractivity contribution is 5.06. The summed E-state index contributed by atoms with van der Waals surface area (Å²) in [4.78, 5) is 4.14. The van der Waals surface area contributed by atoms with Crippen LogP contribution in [0.15, 0.2) is 24.4 Å². The molecular formula is C10H13N3. The van der Waals surface area contributed by atoms with E-state index in [2.05, 4.69) is 16.4 Å². The van der Waals surface area contributed by atoms with Crippen LogP contribution in [0, 0.1) is 11.3 Å². The predicted octanol–water partition coefficient (Wildman–Crippen LogP) is 1.47. The van der Waals surface area contributed by atoms with Gasteiger partial charge in [-0.3, -0.25) is 10.3 Å². The number of nitrogens with zero attached hydrogens (tertiary/aromatic N) is 2. The van der Waals surface area contributed by atoms with E-state index in [9.17, 15) is 0 Å². The Balaban J connectivity index is 2.50. The van der Waals surface area contributed by atoms with Crippen LogP contribution in [0.2, 0.25) is 0 Å². The Kier molecular flexibility index (Phi) is 2.99. The van der Waals surface area contributed by atoms with Crippen molar-refractivity contribution < 1.29 is 0 Å². The maximum absolute atomic E-state index is 8.74. The molecule has 3 heteroatoms. The Bertz CT molecular complexity index is 298. The van der Waals surface area contributed by atoms with Crippen molar-refractivity contribution >= 4 is 0 Å². The summed E-state index contributed by atoms with van der Waals surface area (Å²) in [5.74, 6) is 0. The fraction of sp³-hybridized carbons (Fsp3) is 0.400. The van der Waals surface area contributed by atoms with E-state index in [1.54, 1.807) is 6.20 Å². The maximum atomic E-state index is 8.74. The number of nitrogens with one attached hydrogen (secondary N) is 1. The van der Waals surface area contributed by atoms with Crippen molar-refractivity contribution in [2.75, 3.05) is 0 Å². The first kappa shape index (κ1) is 9.69. The van der Waals surface area contributed by atoms with Gasteiger partial charge >= 0.3 is 0 Å². The fourth-order valence-electron chi connectivity index (χ4n) is 0.854. The van der Waals surface area contributed by atoms with Gasteiger partial charge in [0, 0.05) is 12.7 Å². The molecule has 1 rings (SSSR count). The van der Waals surface area contributed by atoms with Gasteiger partial charge in [-0.05, 0) is 26.0 Å². The topological polar surface area (TPSA) is 48.7 Å². The molecule has 68 valence electrons. The van der Waals surface area contributed by atoms with E-state index < -0.39 is 5.54 Å². The molecule has 0 radical (unpaired) electrons. The second-order valence-electron chi connectivity index (χ2n) is 3.41. The summed E-state index contributed by atoms with van der Waals surface area (Å²) in [7, 11) is 0. The molecule has 0 saturated heterocycles. The Morgan fingerprint density at radius 1 is 1.54 bits per heavy atom. The summed E-state index contributed by atoms with van der Waals surface area (Å²) in [5, 5.41) is 11.8. The van der Waals surface area contributed by atoms with Crippen LogP contribution in [0.4, 0.5) is 0 Å². The summed E-state index contributed by atoms with van der Waals surface area (Å²) in [5.41, 5.74) is 0.461. The highest BCUT2D eigenvalue weighted by Gasteiger charge is 2.14. The minimum atomic E-state index is -0.489. The van der Waals surface area contributed by atoms with E-state index in [-0.39, 0.29) is 0 Å². The summed E-state index contributed by atoms with van der Waals surface area (Å²) in [6.45, 7) is 4.31. The lowest BCUT2D eigenvalue weighted by atomic mass is 10.1. The molecule has 13 heavy (non-hydrogen) atoms. The van der Waals surface area contributed by atoms with Crippen LogP contribution in [-0.4, -0.2) is 10.5 Å². The van der Waals surface area contributed by atoms with Gasteiger partial charge in [-0.25, -0.2) is 0 Å². The molecule has 0 saturated carbocycles. The quantitative estimate of drug-likeness (QED) is 0.756. The van der Waals surface area contributed by atoms with Crippen LogP contribution in [0.3, 0.4) is 0 Å². The molecule has 0 spiro atoms. The first-order valence-electron chi connectivity index (χ1n) is 4.20. The number of aromatic nitrogens is 1. The molecule has 0 aliphatic heterocycles. The molecule has 0 amide bonds. The molecule has 1 heterocycles. The number of rotatable bonds is 3. The predicted molar refractivity (Wildman–Crippen MR) is 50.8 cm³/mol. The molecule has 0 atom stereocenters. The van der Waals surface area contributed by atoms with Crippen molar-refractivity contribution in [1.82, 2.24) is 10.3 Å². The van der Waals surface area contributed by atoms with Crippen molar-refractivity contribution in [1.29, 1.82) is 5.26 Å². The van der Waals surface area contributed by atoms with Gasteiger partial charge in [0.1, 0.15) is 5.54 Å². The molecule has 0 aromatic carbocycles. The van der Waals surface area contributed by atoms with Gasteiger partial charge in [0.05, 0.1) is 11.8 Å². The Hall–Kier alpha value is -1.40. The summed E-state index contributed by atoms with van der Waals surface area (Å²) < 4.78 is 0. The van der Waals surface area contributed by atoms with Gasteiger partial charge in [-0.1, -0.05) is 6.07 Å². The molecular weight excluding hydrogens is 162 g/mol. The molecule has 0 aliphatic carbocycles. The van der Waals surface area contributed by atoms with E-state index in [0.29, 0.717) is 6.54 Å². The number of nitriles is 1. The van der Waals surface area contributed by atoms with E-state index in [0.717, 1.165) is 5.69 Å². The van der Waals surface area contributed by atoms with E-state index in [1.807, 2.05) is 32.0 Å². The zero-order chi connectivity index (χ0) is 9.73. The number of hydrogen-bond acceptors (Lipinski definition) is 3. The minimum Gasteiger partial charge on any atom is -0.294 e. The van der Waals surface area contributed by atoms with Gasteiger partial charge < -0.3 is 0 Å². The van der Waals surface area contributed by atoms with Crippen LogP contribution in [0.25, 0.3) is 0 Å². The molecule has 0 bridgehead atoms. The average Bonchev–Trinajstić information content (AvgIpc) is 2.17. The van der Waals surface area contributed by atoms with Crippen LogP contribution in [0.5, 0.6) is 0 Å². The Morgan fingerprint density at radius 2 is 2.31 bits per heavy atom. The van der Waals surface area contributed by atoms with Gasteiger partial charge in [0.15, 0.2) is 0 Å². The van der Waals surface area contributed by atoms with Crippen molar-refractivity contribution in [3.05, 3.63) is 30.1 Å². The Labute approximate surface area is 78.4 Å². The highest BCUT2D eigenvalue weighted by atomic mass is 15.0. The zero-order valence-corrected chi connectivity index (χ0v) is 7.91. The smallest absolute Gasteiger partial charge is 0.101 e. The second kappa shape index (κ2) is 4.01. The van der Waals surface area contributed by atoms with E-state index in [4.69, 9.17) is 5.26 Å². The molecule has 0 fully saturated rings. The average molecular weight is 175 g/mol. The van der Waals surface area contributed by atoms with Crippen LogP contribution in [0.1, 0.15) is 19.5 Å². The fourth-order valence-corrected chi connectivity index (χ4v) is 0.854. The zero-order valence-electron chi connectivity index (χ0n) is 7.91.